The van der Waals surface area contributed by atoms with Crippen LogP contribution >= 0.6 is 0 Å². The first kappa shape index (κ1) is 34.0. The van der Waals surface area contributed by atoms with Gasteiger partial charge in [0.1, 0.15) is 17.6 Å². The average molecular weight is 704 g/mol. The molecule has 0 radical (unpaired) electrons. The second-order valence-corrected chi connectivity index (χ2v) is 14.4. The van der Waals surface area contributed by atoms with Gasteiger partial charge in [0.25, 0.3) is 5.91 Å². The van der Waals surface area contributed by atoms with Crippen molar-refractivity contribution >= 4 is 23.6 Å². The number of carbonyl (C=O) groups is 1. The molecule has 3 atom stereocenters. The number of nitrogens with one attached hydrogen (secondary N) is 2. The smallest absolute Gasteiger partial charge is 0.274 e. The van der Waals surface area contributed by atoms with E-state index in [1.165, 1.54) is 6.21 Å². The summed E-state index contributed by atoms with van der Waals surface area (Å²) in [5.74, 6) is 1.65. The minimum Gasteiger partial charge on any atom is -0.398 e. The molecule has 4 aliphatic rings. The molecule has 2 fully saturated rings. The van der Waals surface area contributed by atoms with Crippen LogP contribution in [0.4, 0.5) is 11.5 Å². The Morgan fingerprint density at radius 2 is 2.04 bits per heavy atom. The third-order valence-corrected chi connectivity index (χ3v) is 11.3. The zero-order valence-corrected chi connectivity index (χ0v) is 29.8. The van der Waals surface area contributed by atoms with Crippen LogP contribution in [0.5, 0.6) is 0 Å². The normalized spacial score (nSPS) is 21.6. The fourth-order valence-corrected chi connectivity index (χ4v) is 8.53. The molecule has 2 saturated heterocycles. The second-order valence-electron chi connectivity index (χ2n) is 14.4. The van der Waals surface area contributed by atoms with Gasteiger partial charge in [-0.2, -0.15) is 10.4 Å². The molecule has 270 valence electrons. The predicted octanol–water partition coefficient (Wildman–Crippen LogP) is 4.48. The van der Waals surface area contributed by atoms with Gasteiger partial charge in [-0.05, 0) is 82.2 Å². The Morgan fingerprint density at radius 1 is 1.15 bits per heavy atom. The van der Waals surface area contributed by atoms with Gasteiger partial charge in [-0.3, -0.25) is 4.79 Å². The number of hydrogen-bond acceptors (Lipinski definition) is 12. The Bertz CT molecular complexity index is 2060. The summed E-state index contributed by atoms with van der Waals surface area (Å²) in [5, 5.41) is 31.7. The van der Waals surface area contributed by atoms with Crippen LogP contribution in [-0.4, -0.2) is 98.8 Å². The lowest BCUT2D eigenvalue weighted by Gasteiger charge is -2.30. The van der Waals surface area contributed by atoms with Crippen molar-refractivity contribution in [1.29, 1.82) is 10.7 Å². The number of amides is 1. The molecule has 8 rings (SSSR count). The van der Waals surface area contributed by atoms with Gasteiger partial charge in [-0.1, -0.05) is 24.6 Å². The standard InChI is InChI=1S/C38H45N11O3/c1-3-6-22-10-11-30(41)28(17-39)31(22)26-8-4-9-27-33(46-52-34(26)27)36-43-35(42-19-24-7-5-14-47(24)2)29(18-40)37(44-36)49-20-23-12-15-48(25-13-16-51-21-25)38(50)32(23)45-49/h10-11,18,20,24-26,40H,3-9,12-16,19,21,41H2,1-2H3,(H,42,43,44). The van der Waals surface area contributed by atoms with Crippen LogP contribution in [0.25, 0.3) is 17.3 Å². The maximum absolute atomic E-state index is 13.7. The van der Waals surface area contributed by atoms with Crippen molar-refractivity contribution in [2.24, 2.45) is 0 Å². The predicted molar refractivity (Wildman–Crippen MR) is 195 cm³/mol. The van der Waals surface area contributed by atoms with E-state index in [1.807, 2.05) is 23.2 Å². The lowest BCUT2D eigenvalue weighted by atomic mass is 9.78. The molecule has 1 amide bonds. The topological polar surface area (TPSA) is 188 Å². The van der Waals surface area contributed by atoms with E-state index in [0.717, 1.165) is 73.7 Å². The van der Waals surface area contributed by atoms with Gasteiger partial charge in [0, 0.05) is 60.9 Å². The second kappa shape index (κ2) is 14.1. The van der Waals surface area contributed by atoms with E-state index < -0.39 is 0 Å². The zero-order valence-electron chi connectivity index (χ0n) is 29.8. The van der Waals surface area contributed by atoms with E-state index in [1.54, 1.807) is 4.68 Å². The molecule has 14 heteroatoms. The van der Waals surface area contributed by atoms with Crippen molar-refractivity contribution in [2.75, 3.05) is 50.9 Å². The SMILES string of the molecule is CCCc1ccc(N)c(C#N)c1C1CCCc2c(-c3nc(NCC4CCCN4C)c(C=N)c(-n4cc5c(n4)C(=O)N(C4CCOC4)CC5)n3)noc21. The molecule has 1 aliphatic carbocycles. The third-order valence-electron chi connectivity index (χ3n) is 11.3. The monoisotopic (exact) mass is 703 g/mol. The quantitative estimate of drug-likeness (QED) is 0.156. The van der Waals surface area contributed by atoms with Crippen LogP contribution < -0.4 is 11.1 Å². The number of fused-ring (bicyclic) bond motifs is 2. The minimum absolute atomic E-state index is 0.0508. The molecule has 1 aromatic carbocycles. The summed E-state index contributed by atoms with van der Waals surface area (Å²) in [6, 6.07) is 6.60. The highest BCUT2D eigenvalue weighted by molar-refractivity contribution is 5.95. The molecule has 6 heterocycles. The lowest BCUT2D eigenvalue weighted by Crippen LogP contribution is -2.45. The number of aromatic nitrogens is 5. The molecule has 4 aromatic rings. The summed E-state index contributed by atoms with van der Waals surface area (Å²) < 4.78 is 13.4. The molecule has 14 nitrogen and oxygen atoms in total. The number of nitriles is 1. The number of nitrogen functional groups attached to an aromatic ring is 1. The molecule has 52 heavy (non-hydrogen) atoms. The number of ether oxygens (including phenoxy) is 1. The highest BCUT2D eigenvalue weighted by atomic mass is 16.5. The van der Waals surface area contributed by atoms with Gasteiger partial charge in [0.15, 0.2) is 23.0 Å². The highest BCUT2D eigenvalue weighted by Gasteiger charge is 2.37. The van der Waals surface area contributed by atoms with Crippen molar-refractivity contribution in [3.63, 3.8) is 0 Å². The van der Waals surface area contributed by atoms with Gasteiger partial charge < -0.3 is 35.5 Å². The number of nitrogens with zero attached hydrogens (tertiary/aromatic N) is 8. The van der Waals surface area contributed by atoms with E-state index in [4.69, 9.17) is 35.5 Å². The van der Waals surface area contributed by atoms with Crippen LogP contribution in [0.1, 0.15) is 101 Å². The van der Waals surface area contributed by atoms with E-state index in [-0.39, 0.29) is 17.9 Å². The van der Waals surface area contributed by atoms with Crippen LogP contribution in [0.2, 0.25) is 0 Å². The fourth-order valence-electron chi connectivity index (χ4n) is 8.53. The number of benzene rings is 1. The number of carbonyl (C=O) groups excluding carboxylic acids is 1. The largest absolute Gasteiger partial charge is 0.398 e. The van der Waals surface area contributed by atoms with Gasteiger partial charge in [-0.15, -0.1) is 0 Å². The van der Waals surface area contributed by atoms with Gasteiger partial charge in [0.2, 0.25) is 0 Å². The first-order valence-corrected chi connectivity index (χ1v) is 18.5. The van der Waals surface area contributed by atoms with Gasteiger partial charge in [-0.25, -0.2) is 14.6 Å². The molecule has 0 saturated carbocycles. The van der Waals surface area contributed by atoms with Gasteiger partial charge >= 0.3 is 0 Å². The zero-order chi connectivity index (χ0) is 35.9. The van der Waals surface area contributed by atoms with E-state index in [9.17, 15) is 10.1 Å². The number of rotatable bonds is 10. The van der Waals surface area contributed by atoms with Crippen LogP contribution in [-0.2, 0) is 24.0 Å². The molecule has 3 aromatic heterocycles. The molecule has 3 aliphatic heterocycles. The van der Waals surface area contributed by atoms with Crippen molar-refractivity contribution in [1.82, 2.24) is 34.7 Å². The van der Waals surface area contributed by atoms with E-state index in [2.05, 4.69) is 35.4 Å². The number of likely N-dealkylation sites (tertiary alicyclic amines) is 1. The van der Waals surface area contributed by atoms with Gasteiger partial charge in [0.05, 0.1) is 23.8 Å². The molecule has 0 spiro atoms. The van der Waals surface area contributed by atoms with Crippen molar-refractivity contribution < 1.29 is 14.1 Å². The lowest BCUT2D eigenvalue weighted by molar-refractivity contribution is 0.0629. The minimum atomic E-state index is -0.183. The Morgan fingerprint density at radius 3 is 2.79 bits per heavy atom. The van der Waals surface area contributed by atoms with E-state index in [0.29, 0.717) is 96.6 Å². The Hall–Kier alpha value is -5.13. The van der Waals surface area contributed by atoms with Crippen LogP contribution in [0.15, 0.2) is 22.9 Å². The summed E-state index contributed by atoms with van der Waals surface area (Å²) in [4.78, 5) is 27.9. The molecular weight excluding hydrogens is 658 g/mol. The summed E-state index contributed by atoms with van der Waals surface area (Å²) in [6.45, 7) is 5.60. The van der Waals surface area contributed by atoms with Crippen molar-refractivity contribution in [3.05, 3.63) is 63.2 Å². The van der Waals surface area contributed by atoms with Crippen LogP contribution in [0.3, 0.4) is 0 Å². The average Bonchev–Trinajstić information content (AvgIpc) is 3.98. The van der Waals surface area contributed by atoms with E-state index >= 15 is 0 Å². The fraction of sp³-hybridized carbons (Fsp3) is 0.500. The molecular formula is C38H45N11O3. The third kappa shape index (κ3) is 5.91. The number of nitrogens with two attached hydrogens (primary N) is 1. The Kier molecular flexibility index (Phi) is 9.23. The van der Waals surface area contributed by atoms with Crippen molar-refractivity contribution in [3.8, 4) is 23.4 Å². The number of likely N-dealkylation sites (N-methyl/N-ethyl adjacent to an activating group) is 1. The first-order chi connectivity index (χ1) is 25.4. The molecule has 4 N–H and O–H groups in total. The summed E-state index contributed by atoms with van der Waals surface area (Å²) in [6.07, 6.45) is 10.9. The number of hydrogen-bond donors (Lipinski definition) is 3. The maximum atomic E-state index is 13.7. The summed E-state index contributed by atoms with van der Waals surface area (Å²) in [5.41, 5.74) is 12.5. The molecule has 0 bridgehead atoms. The summed E-state index contributed by atoms with van der Waals surface area (Å²) >= 11 is 0. The highest BCUT2D eigenvalue weighted by Crippen LogP contribution is 2.44. The summed E-state index contributed by atoms with van der Waals surface area (Å²) in [7, 11) is 2.13. The van der Waals surface area contributed by atoms with Crippen LogP contribution in [0, 0.1) is 16.7 Å². The molecule has 3 unspecified atom stereocenters. The maximum Gasteiger partial charge on any atom is 0.274 e. The number of aryl methyl sites for hydroxylation is 1. The van der Waals surface area contributed by atoms with Crippen molar-refractivity contribution in [2.45, 2.75) is 82.7 Å². The first-order valence-electron chi connectivity index (χ1n) is 18.5. The number of anilines is 2. The Labute approximate surface area is 302 Å². The Balaban J connectivity index is 1.22.